The van der Waals surface area contributed by atoms with E-state index in [-0.39, 0.29) is 5.75 Å². The Morgan fingerprint density at radius 1 is 1.13 bits per heavy atom. The molecule has 0 aliphatic heterocycles. The predicted octanol–water partition coefficient (Wildman–Crippen LogP) is 2.56. The fraction of sp³-hybridized carbons (Fsp3) is 0.143. The van der Waals surface area contributed by atoms with E-state index in [1.165, 1.54) is 35.9 Å². The fourth-order valence-corrected chi connectivity index (χ4v) is 2.74. The molecule has 0 aliphatic rings. The van der Waals surface area contributed by atoms with Crippen molar-refractivity contribution in [2.24, 2.45) is 0 Å². The summed E-state index contributed by atoms with van der Waals surface area (Å²) in [6.07, 6.45) is -1.12. The van der Waals surface area contributed by atoms with Crippen LogP contribution in [-0.4, -0.2) is 27.7 Å². The number of rotatable bonds is 5. The predicted molar refractivity (Wildman–Crippen MR) is 112 cm³/mol. The number of nitrogens with zero attached hydrogens (tertiary/aromatic N) is 2. The molecule has 1 atom stereocenters. The maximum atomic E-state index is 13.6. The standard InChI is InChI=1S/C21H18ClFN4O4/c1-12-11-17(28)19(26-27(12)15-9-7-14(22)8-10-15)21(30)25-24-20(29)13(2)31-18-6-4-3-5-16(18)23/h3-11,13H,1-2H3,(H,24,29)(H,25,30). The Balaban J connectivity index is 1.70. The summed E-state index contributed by atoms with van der Waals surface area (Å²) in [5.74, 6) is -2.40. The van der Waals surface area contributed by atoms with Crippen molar-refractivity contribution in [3.05, 3.63) is 87.0 Å². The number of para-hydroxylation sites is 1. The molecule has 0 saturated heterocycles. The third-order valence-corrected chi connectivity index (χ3v) is 4.45. The van der Waals surface area contributed by atoms with E-state index in [2.05, 4.69) is 16.0 Å². The zero-order chi connectivity index (χ0) is 22.5. The van der Waals surface area contributed by atoms with Crippen LogP contribution in [0.1, 0.15) is 23.1 Å². The molecule has 160 valence electrons. The molecule has 3 aromatic rings. The number of halogens is 2. The summed E-state index contributed by atoms with van der Waals surface area (Å²) in [6.45, 7) is 3.04. The van der Waals surface area contributed by atoms with E-state index in [9.17, 15) is 18.8 Å². The first-order chi connectivity index (χ1) is 14.8. The molecule has 2 aromatic carbocycles. The van der Waals surface area contributed by atoms with E-state index in [4.69, 9.17) is 16.3 Å². The van der Waals surface area contributed by atoms with Gasteiger partial charge < -0.3 is 4.74 Å². The summed E-state index contributed by atoms with van der Waals surface area (Å²) in [5, 5.41) is 4.61. The molecule has 2 N–H and O–H groups in total. The van der Waals surface area contributed by atoms with E-state index in [1.54, 1.807) is 37.3 Å². The Morgan fingerprint density at radius 2 is 1.81 bits per heavy atom. The summed E-state index contributed by atoms with van der Waals surface area (Å²) in [5.41, 5.74) is 4.30. The number of hydrogen-bond donors (Lipinski definition) is 2. The first-order valence-corrected chi connectivity index (χ1v) is 9.52. The minimum Gasteiger partial charge on any atom is -0.478 e. The lowest BCUT2D eigenvalue weighted by Crippen LogP contribution is -2.48. The molecule has 3 rings (SSSR count). The third-order valence-electron chi connectivity index (χ3n) is 4.20. The van der Waals surface area contributed by atoms with Crippen molar-refractivity contribution in [1.82, 2.24) is 20.6 Å². The van der Waals surface area contributed by atoms with Crippen LogP contribution in [0.15, 0.2) is 59.4 Å². The van der Waals surface area contributed by atoms with Crippen LogP contribution >= 0.6 is 11.6 Å². The molecule has 2 amide bonds. The van der Waals surface area contributed by atoms with Crippen molar-refractivity contribution in [3.63, 3.8) is 0 Å². The molecule has 8 nitrogen and oxygen atoms in total. The SMILES string of the molecule is Cc1cc(=O)c(C(=O)NNC(=O)C(C)Oc2ccccc2F)nn1-c1ccc(Cl)cc1. The molecular weight excluding hydrogens is 427 g/mol. The average Bonchev–Trinajstić information content (AvgIpc) is 2.74. The highest BCUT2D eigenvalue weighted by Gasteiger charge is 2.20. The van der Waals surface area contributed by atoms with Gasteiger partial charge >= 0.3 is 0 Å². The molecule has 10 heteroatoms. The molecule has 1 unspecified atom stereocenters. The van der Waals surface area contributed by atoms with Crippen molar-refractivity contribution in [2.75, 3.05) is 0 Å². The van der Waals surface area contributed by atoms with Gasteiger partial charge in [0.25, 0.3) is 11.8 Å². The number of carbonyl (C=O) groups is 2. The highest BCUT2D eigenvalue weighted by Crippen LogP contribution is 2.17. The molecule has 31 heavy (non-hydrogen) atoms. The molecule has 0 spiro atoms. The maximum absolute atomic E-state index is 13.6. The Bertz CT molecular complexity index is 1180. The Labute approximate surface area is 181 Å². The van der Waals surface area contributed by atoms with E-state index in [0.717, 1.165) is 0 Å². The van der Waals surface area contributed by atoms with Crippen LogP contribution in [0.5, 0.6) is 5.75 Å². The molecular formula is C21H18ClFN4O4. The quantitative estimate of drug-likeness (QED) is 0.589. The molecule has 0 saturated carbocycles. The number of amides is 2. The highest BCUT2D eigenvalue weighted by atomic mass is 35.5. The van der Waals surface area contributed by atoms with Crippen LogP contribution in [0, 0.1) is 12.7 Å². The number of aromatic nitrogens is 2. The molecule has 0 bridgehead atoms. The summed E-state index contributed by atoms with van der Waals surface area (Å²) in [4.78, 5) is 36.8. The lowest BCUT2D eigenvalue weighted by atomic mass is 10.2. The monoisotopic (exact) mass is 444 g/mol. The average molecular weight is 445 g/mol. The van der Waals surface area contributed by atoms with Gasteiger partial charge in [-0.15, -0.1) is 0 Å². The Morgan fingerprint density at radius 3 is 2.48 bits per heavy atom. The van der Waals surface area contributed by atoms with Crippen molar-refractivity contribution in [1.29, 1.82) is 0 Å². The second-order valence-corrected chi connectivity index (χ2v) is 6.96. The van der Waals surface area contributed by atoms with Crippen LogP contribution in [0.3, 0.4) is 0 Å². The number of benzene rings is 2. The molecule has 0 aliphatic carbocycles. The molecule has 1 heterocycles. The summed E-state index contributed by atoms with van der Waals surface area (Å²) in [6, 6.07) is 13.5. The van der Waals surface area contributed by atoms with Crippen LogP contribution in [-0.2, 0) is 4.79 Å². The minimum atomic E-state index is -1.12. The lowest BCUT2D eigenvalue weighted by molar-refractivity contribution is -0.128. The van der Waals surface area contributed by atoms with Gasteiger partial charge in [0.2, 0.25) is 5.43 Å². The summed E-state index contributed by atoms with van der Waals surface area (Å²) < 4.78 is 20.3. The second kappa shape index (κ2) is 9.40. The number of nitrogens with one attached hydrogen (secondary N) is 2. The van der Waals surface area contributed by atoms with Gasteiger partial charge in [0.1, 0.15) is 0 Å². The van der Waals surface area contributed by atoms with Gasteiger partial charge in [0.05, 0.1) is 5.69 Å². The Kier molecular flexibility index (Phi) is 6.66. The van der Waals surface area contributed by atoms with Crippen LogP contribution in [0.25, 0.3) is 5.69 Å². The van der Waals surface area contributed by atoms with Gasteiger partial charge in [-0.2, -0.15) is 5.10 Å². The van der Waals surface area contributed by atoms with Crippen LogP contribution in [0.4, 0.5) is 4.39 Å². The molecule has 0 radical (unpaired) electrons. The number of hydrazine groups is 1. The van der Waals surface area contributed by atoms with E-state index in [0.29, 0.717) is 16.4 Å². The van der Waals surface area contributed by atoms with Gasteiger partial charge in [-0.05, 0) is 50.2 Å². The number of aryl methyl sites for hydroxylation is 1. The van der Waals surface area contributed by atoms with Crippen molar-refractivity contribution >= 4 is 23.4 Å². The van der Waals surface area contributed by atoms with Crippen molar-refractivity contribution in [3.8, 4) is 11.4 Å². The number of ether oxygens (including phenoxy) is 1. The third kappa shape index (κ3) is 5.26. The van der Waals surface area contributed by atoms with Gasteiger partial charge in [-0.25, -0.2) is 9.07 Å². The second-order valence-electron chi connectivity index (χ2n) is 6.52. The Hall–Kier alpha value is -3.72. The van der Waals surface area contributed by atoms with Gasteiger partial charge in [0.15, 0.2) is 23.4 Å². The maximum Gasteiger partial charge on any atom is 0.294 e. The largest absolute Gasteiger partial charge is 0.478 e. The normalized spacial score (nSPS) is 11.5. The zero-order valence-corrected chi connectivity index (χ0v) is 17.3. The summed E-state index contributed by atoms with van der Waals surface area (Å²) in [7, 11) is 0. The summed E-state index contributed by atoms with van der Waals surface area (Å²) >= 11 is 5.89. The molecule has 0 fully saturated rings. The van der Waals surface area contributed by atoms with Crippen LogP contribution < -0.4 is 21.0 Å². The minimum absolute atomic E-state index is 0.109. The first kappa shape index (κ1) is 22.0. The van der Waals surface area contributed by atoms with Gasteiger partial charge in [-0.3, -0.25) is 25.2 Å². The zero-order valence-electron chi connectivity index (χ0n) is 16.6. The smallest absolute Gasteiger partial charge is 0.294 e. The molecule has 1 aromatic heterocycles. The first-order valence-electron chi connectivity index (χ1n) is 9.14. The van der Waals surface area contributed by atoms with Gasteiger partial charge in [0, 0.05) is 16.8 Å². The van der Waals surface area contributed by atoms with E-state index in [1.807, 2.05) is 0 Å². The van der Waals surface area contributed by atoms with E-state index >= 15 is 0 Å². The number of hydrogen-bond acceptors (Lipinski definition) is 5. The van der Waals surface area contributed by atoms with Crippen LogP contribution in [0.2, 0.25) is 5.02 Å². The highest BCUT2D eigenvalue weighted by molar-refractivity contribution is 6.30. The van der Waals surface area contributed by atoms with E-state index < -0.39 is 34.9 Å². The van der Waals surface area contributed by atoms with Crippen molar-refractivity contribution in [2.45, 2.75) is 20.0 Å². The lowest BCUT2D eigenvalue weighted by Gasteiger charge is -2.15. The topological polar surface area (TPSA) is 102 Å². The van der Waals surface area contributed by atoms with Crippen molar-refractivity contribution < 1.29 is 18.7 Å². The fourth-order valence-electron chi connectivity index (χ4n) is 2.61. The van der Waals surface area contributed by atoms with Gasteiger partial charge in [-0.1, -0.05) is 23.7 Å². The number of carbonyl (C=O) groups excluding carboxylic acids is 2.